The SMILES string of the molecule is CCCCCC/C=C\CCCCCCCC/C=C\OC[C@H](COP(=O)([O-])OCC[N+](C)(C)C)OC(=O)CCCCCCCCCCCCCCCCCCCCCCC. The van der Waals surface area contributed by atoms with E-state index >= 15 is 0 Å². The van der Waals surface area contributed by atoms with Crippen molar-refractivity contribution in [1.82, 2.24) is 0 Å². The number of carbonyl (C=O) groups excluding carboxylic acids is 1. The normalized spacial score (nSPS) is 13.7. The summed E-state index contributed by atoms with van der Waals surface area (Å²) in [7, 11) is 1.33. The molecule has 1 unspecified atom stereocenters. The van der Waals surface area contributed by atoms with Gasteiger partial charge >= 0.3 is 5.97 Å². The van der Waals surface area contributed by atoms with Crippen LogP contribution in [0.2, 0.25) is 0 Å². The van der Waals surface area contributed by atoms with Crippen LogP contribution in [0.5, 0.6) is 0 Å². The molecule has 0 saturated heterocycles. The van der Waals surface area contributed by atoms with Gasteiger partial charge in [0.05, 0.1) is 34.0 Å². The Balaban J connectivity index is 4.16. The fourth-order valence-corrected chi connectivity index (χ4v) is 7.88. The topological polar surface area (TPSA) is 94.1 Å². The lowest BCUT2D eigenvalue weighted by Crippen LogP contribution is -2.37. The number of hydrogen-bond donors (Lipinski definition) is 0. The highest BCUT2D eigenvalue weighted by Gasteiger charge is 2.20. The Morgan fingerprint density at radius 1 is 0.525 bits per heavy atom. The third-order valence-corrected chi connectivity index (χ3v) is 12.0. The Kier molecular flexibility index (Phi) is 42.6. The fourth-order valence-electron chi connectivity index (χ4n) is 7.16. The summed E-state index contributed by atoms with van der Waals surface area (Å²) in [6.45, 7) is 4.76. The van der Waals surface area contributed by atoms with Crippen LogP contribution in [0.4, 0.5) is 0 Å². The van der Waals surface area contributed by atoms with Crippen LogP contribution in [0.15, 0.2) is 24.5 Å². The Morgan fingerprint density at radius 3 is 1.32 bits per heavy atom. The van der Waals surface area contributed by atoms with Crippen molar-refractivity contribution in [2.45, 2.75) is 245 Å². The zero-order chi connectivity index (χ0) is 43.4. The summed E-state index contributed by atoms with van der Waals surface area (Å²) in [6.07, 6.45) is 51.5. The monoisotopic (exact) mass is 856 g/mol. The number of likely N-dealkylation sites (N-methyl/N-ethyl adjacent to an activating group) is 1. The number of esters is 1. The predicted molar refractivity (Wildman–Crippen MR) is 249 cm³/mol. The van der Waals surface area contributed by atoms with Gasteiger partial charge in [-0.05, 0) is 51.0 Å². The minimum Gasteiger partial charge on any atom is -0.756 e. The molecule has 0 rings (SSSR count). The quantitative estimate of drug-likeness (QED) is 0.0150. The number of phosphoric ester groups is 1. The molecule has 0 fully saturated rings. The first-order valence-electron chi connectivity index (χ1n) is 25.1. The standard InChI is InChI=1S/C50H98NO7P/c1-6-8-10-12-14-16-18-20-22-24-25-26-27-28-29-31-33-35-37-39-41-43-50(52)58-49(48-57-59(53,54)56-46-44-51(3,4)5)47-55-45-42-40-38-36-34-32-30-23-21-19-17-15-13-11-9-7-2/h17,19,42,45,49H,6-16,18,20-41,43-44,46-48H2,1-5H3/b19-17-,45-42-/t49-/m1/s1. The number of hydrogen-bond acceptors (Lipinski definition) is 7. The van der Waals surface area contributed by atoms with Crippen LogP contribution in [0.1, 0.15) is 239 Å². The van der Waals surface area contributed by atoms with Gasteiger partial charge in [0.15, 0.2) is 6.10 Å². The van der Waals surface area contributed by atoms with Crippen molar-refractivity contribution in [3.8, 4) is 0 Å². The molecule has 0 N–H and O–H groups in total. The Labute approximate surface area is 366 Å². The van der Waals surface area contributed by atoms with Gasteiger partial charge in [-0.1, -0.05) is 199 Å². The molecule has 0 heterocycles. The van der Waals surface area contributed by atoms with Gasteiger partial charge in [0, 0.05) is 6.42 Å². The molecule has 0 aliphatic heterocycles. The second-order valence-corrected chi connectivity index (χ2v) is 19.7. The molecule has 350 valence electrons. The Hall–Kier alpha value is -1.18. The third kappa shape index (κ3) is 47.7. The van der Waals surface area contributed by atoms with E-state index in [-0.39, 0.29) is 25.8 Å². The van der Waals surface area contributed by atoms with Crippen molar-refractivity contribution in [3.63, 3.8) is 0 Å². The second kappa shape index (κ2) is 43.5. The Morgan fingerprint density at radius 2 is 0.898 bits per heavy atom. The maximum Gasteiger partial charge on any atom is 0.306 e. The number of unbranched alkanes of at least 4 members (excludes halogenated alkanes) is 31. The highest BCUT2D eigenvalue weighted by Crippen LogP contribution is 2.38. The highest BCUT2D eigenvalue weighted by atomic mass is 31.2. The fraction of sp³-hybridized carbons (Fsp3) is 0.900. The molecule has 0 aromatic carbocycles. The number of nitrogens with zero attached hydrogens (tertiary/aromatic N) is 1. The van der Waals surface area contributed by atoms with E-state index in [0.717, 1.165) is 32.1 Å². The average molecular weight is 856 g/mol. The van der Waals surface area contributed by atoms with Gasteiger partial charge < -0.3 is 27.9 Å². The third-order valence-electron chi connectivity index (χ3n) is 11.1. The van der Waals surface area contributed by atoms with Gasteiger partial charge in [-0.3, -0.25) is 9.36 Å². The van der Waals surface area contributed by atoms with E-state index in [1.807, 2.05) is 27.2 Å². The lowest BCUT2D eigenvalue weighted by Gasteiger charge is -2.28. The molecule has 8 nitrogen and oxygen atoms in total. The molecule has 59 heavy (non-hydrogen) atoms. The van der Waals surface area contributed by atoms with Crippen LogP contribution in [0.25, 0.3) is 0 Å². The summed E-state index contributed by atoms with van der Waals surface area (Å²) < 4.78 is 34.5. The molecule has 9 heteroatoms. The van der Waals surface area contributed by atoms with Gasteiger partial charge in [0.25, 0.3) is 7.82 Å². The zero-order valence-corrected chi connectivity index (χ0v) is 40.6. The lowest BCUT2D eigenvalue weighted by atomic mass is 10.0. The van der Waals surface area contributed by atoms with Gasteiger partial charge in [-0.15, -0.1) is 0 Å². The smallest absolute Gasteiger partial charge is 0.306 e. The molecule has 0 spiro atoms. The first kappa shape index (κ1) is 57.8. The van der Waals surface area contributed by atoms with Gasteiger partial charge in [-0.2, -0.15) is 0 Å². The number of allylic oxidation sites excluding steroid dienone is 3. The van der Waals surface area contributed by atoms with E-state index in [2.05, 4.69) is 26.0 Å². The van der Waals surface area contributed by atoms with Crippen molar-refractivity contribution >= 4 is 13.8 Å². The maximum absolute atomic E-state index is 12.7. The van der Waals surface area contributed by atoms with Crippen molar-refractivity contribution in [2.75, 3.05) is 47.5 Å². The van der Waals surface area contributed by atoms with E-state index in [4.69, 9.17) is 18.5 Å². The number of phosphoric acid groups is 1. The van der Waals surface area contributed by atoms with E-state index in [1.165, 1.54) is 186 Å². The molecule has 0 aromatic rings. The summed E-state index contributed by atoms with van der Waals surface area (Å²) in [5.41, 5.74) is 0. The highest BCUT2D eigenvalue weighted by molar-refractivity contribution is 7.45. The maximum atomic E-state index is 12.7. The summed E-state index contributed by atoms with van der Waals surface area (Å²) in [6, 6.07) is 0. The lowest BCUT2D eigenvalue weighted by molar-refractivity contribution is -0.870. The first-order chi connectivity index (χ1) is 28.6. The summed E-state index contributed by atoms with van der Waals surface area (Å²) >= 11 is 0. The van der Waals surface area contributed by atoms with Crippen LogP contribution < -0.4 is 4.89 Å². The molecular formula is C50H98NO7P. The van der Waals surface area contributed by atoms with Crippen molar-refractivity contribution in [1.29, 1.82) is 0 Å². The van der Waals surface area contributed by atoms with E-state index < -0.39 is 13.9 Å². The molecule has 0 radical (unpaired) electrons. The number of ether oxygens (including phenoxy) is 2. The number of carbonyl (C=O) groups is 1. The van der Waals surface area contributed by atoms with Gasteiger partial charge in [-0.25, -0.2) is 0 Å². The number of rotatable bonds is 47. The second-order valence-electron chi connectivity index (χ2n) is 18.2. The van der Waals surface area contributed by atoms with Crippen LogP contribution in [0.3, 0.4) is 0 Å². The summed E-state index contributed by atoms with van der Waals surface area (Å²) in [4.78, 5) is 25.1. The minimum absolute atomic E-state index is 0.0179. The summed E-state index contributed by atoms with van der Waals surface area (Å²) in [5, 5.41) is 0. The van der Waals surface area contributed by atoms with E-state index in [9.17, 15) is 14.3 Å². The molecule has 0 aliphatic rings. The van der Waals surface area contributed by atoms with Crippen LogP contribution in [-0.4, -0.2) is 64.1 Å². The van der Waals surface area contributed by atoms with Gasteiger partial charge in [0.1, 0.15) is 19.8 Å². The average Bonchev–Trinajstić information content (AvgIpc) is 3.19. The Bertz CT molecular complexity index is 998. The summed E-state index contributed by atoms with van der Waals surface area (Å²) in [5.74, 6) is -0.353. The molecule has 0 saturated carbocycles. The molecule has 0 aromatic heterocycles. The van der Waals surface area contributed by atoms with Crippen LogP contribution in [0, 0.1) is 0 Å². The van der Waals surface area contributed by atoms with Crippen molar-refractivity contribution in [3.05, 3.63) is 24.5 Å². The zero-order valence-electron chi connectivity index (χ0n) is 39.7. The van der Waals surface area contributed by atoms with Crippen LogP contribution >= 0.6 is 7.82 Å². The van der Waals surface area contributed by atoms with E-state index in [0.29, 0.717) is 17.4 Å². The molecule has 0 bridgehead atoms. The van der Waals surface area contributed by atoms with Crippen LogP contribution in [-0.2, 0) is 27.9 Å². The van der Waals surface area contributed by atoms with Crippen molar-refractivity contribution in [2.24, 2.45) is 0 Å². The van der Waals surface area contributed by atoms with Crippen molar-refractivity contribution < 1.29 is 37.3 Å². The number of quaternary nitrogens is 1. The largest absolute Gasteiger partial charge is 0.756 e. The molecule has 0 aliphatic carbocycles. The molecule has 0 amide bonds. The molecular weight excluding hydrogens is 758 g/mol. The van der Waals surface area contributed by atoms with Gasteiger partial charge in [0.2, 0.25) is 0 Å². The molecule has 2 atom stereocenters. The first-order valence-corrected chi connectivity index (χ1v) is 26.6. The minimum atomic E-state index is -4.54. The van der Waals surface area contributed by atoms with E-state index in [1.54, 1.807) is 6.26 Å². The predicted octanol–water partition coefficient (Wildman–Crippen LogP) is 14.9.